The van der Waals surface area contributed by atoms with E-state index in [0.29, 0.717) is 48.7 Å². The third-order valence-electron chi connectivity index (χ3n) is 6.28. The van der Waals surface area contributed by atoms with Crippen molar-refractivity contribution in [1.29, 1.82) is 0 Å². The van der Waals surface area contributed by atoms with Crippen LogP contribution in [0.3, 0.4) is 0 Å². The number of anilines is 1. The molecule has 3 aromatic carbocycles. The third-order valence-corrected chi connectivity index (χ3v) is 6.28. The number of carbonyl (C=O) groups is 1. The number of para-hydroxylation sites is 1. The maximum atomic E-state index is 13.7. The molecule has 0 saturated carbocycles. The summed E-state index contributed by atoms with van der Waals surface area (Å²) in [4.78, 5) is 48.5. The molecule has 10 nitrogen and oxygen atoms in total. The van der Waals surface area contributed by atoms with Gasteiger partial charge in [0.05, 0.1) is 35.6 Å². The minimum absolute atomic E-state index is 0.0206. The Labute approximate surface area is 212 Å². The lowest BCUT2D eigenvalue weighted by Gasteiger charge is -2.28. The summed E-state index contributed by atoms with van der Waals surface area (Å²) < 4.78 is 5.36. The number of fused-ring (bicyclic) bond motifs is 1. The maximum Gasteiger partial charge on any atom is 0.293 e. The highest BCUT2D eigenvalue weighted by Crippen LogP contribution is 2.30. The number of aromatic nitrogens is 2. The van der Waals surface area contributed by atoms with Crippen molar-refractivity contribution in [2.45, 2.75) is 13.1 Å². The fraction of sp³-hybridized carbons (Fsp3) is 0.222. The summed E-state index contributed by atoms with van der Waals surface area (Å²) >= 11 is 0. The maximum absolute atomic E-state index is 13.7. The van der Waals surface area contributed by atoms with Crippen molar-refractivity contribution in [3.05, 3.63) is 110 Å². The zero-order valence-electron chi connectivity index (χ0n) is 20.0. The molecule has 0 atom stereocenters. The van der Waals surface area contributed by atoms with Crippen molar-refractivity contribution in [3.63, 3.8) is 0 Å². The fourth-order valence-corrected chi connectivity index (χ4v) is 4.45. The number of carbonyl (C=O) groups excluding carboxylic acids is 1. The number of rotatable bonds is 7. The molecule has 37 heavy (non-hydrogen) atoms. The van der Waals surface area contributed by atoms with Crippen LogP contribution in [0.15, 0.2) is 77.6 Å². The number of H-pyrrole nitrogens is 1. The minimum Gasteiger partial charge on any atom is -0.378 e. The average Bonchev–Trinajstić information content (AvgIpc) is 2.93. The van der Waals surface area contributed by atoms with Crippen molar-refractivity contribution in [2.75, 3.05) is 31.2 Å². The number of benzene rings is 3. The molecule has 0 spiro atoms. The van der Waals surface area contributed by atoms with Gasteiger partial charge in [-0.2, -0.15) is 0 Å². The predicted octanol–water partition coefficient (Wildman–Crippen LogP) is 3.51. The molecule has 2 heterocycles. The Morgan fingerprint density at radius 1 is 1.03 bits per heavy atom. The number of ether oxygens (including phenoxy) is 1. The molecule has 1 aliphatic heterocycles. The summed E-state index contributed by atoms with van der Waals surface area (Å²) in [5.41, 5.74) is 1.61. The van der Waals surface area contributed by atoms with Gasteiger partial charge in [0.2, 0.25) is 0 Å². The van der Waals surface area contributed by atoms with Crippen molar-refractivity contribution in [3.8, 4) is 0 Å². The fourth-order valence-electron chi connectivity index (χ4n) is 4.45. The average molecular weight is 500 g/mol. The number of nitro groups is 1. The van der Waals surface area contributed by atoms with E-state index in [4.69, 9.17) is 4.74 Å². The largest absolute Gasteiger partial charge is 0.378 e. The van der Waals surface area contributed by atoms with Gasteiger partial charge >= 0.3 is 0 Å². The number of hydrogen-bond acceptors (Lipinski definition) is 7. The van der Waals surface area contributed by atoms with Crippen LogP contribution in [-0.4, -0.2) is 52.0 Å². The van der Waals surface area contributed by atoms with Gasteiger partial charge in [-0.3, -0.25) is 19.7 Å². The van der Waals surface area contributed by atoms with E-state index in [0.717, 1.165) is 5.56 Å². The molecule has 1 fully saturated rings. The third kappa shape index (κ3) is 5.34. The quantitative estimate of drug-likeness (QED) is 0.305. The second-order valence-corrected chi connectivity index (χ2v) is 8.74. The second kappa shape index (κ2) is 10.6. The normalized spacial score (nSPS) is 13.5. The first-order chi connectivity index (χ1) is 18.0. The standard InChI is InChI=1S/C27H25N5O5/c33-26-21-8-4-5-9-22(21)28-25(29-26)18-31(17-19-6-2-1-3-7-19)27(34)20-10-11-23(24(16-20)32(35)36)30-12-14-37-15-13-30/h1-11,16H,12-15,17-18H2,(H,28,29,33). The Kier molecular flexibility index (Phi) is 6.91. The Balaban J connectivity index is 1.50. The van der Waals surface area contributed by atoms with E-state index in [1.165, 1.54) is 11.0 Å². The summed E-state index contributed by atoms with van der Waals surface area (Å²) in [6, 6.07) is 20.9. The summed E-state index contributed by atoms with van der Waals surface area (Å²) in [6.07, 6.45) is 0. The number of morpholine rings is 1. The Hall–Kier alpha value is -4.57. The first-order valence-electron chi connectivity index (χ1n) is 11.9. The first kappa shape index (κ1) is 24.1. The van der Waals surface area contributed by atoms with Gasteiger partial charge < -0.3 is 19.5 Å². The van der Waals surface area contributed by atoms with Crippen LogP contribution in [0.2, 0.25) is 0 Å². The van der Waals surface area contributed by atoms with E-state index < -0.39 is 10.8 Å². The van der Waals surface area contributed by atoms with Crippen LogP contribution in [0.5, 0.6) is 0 Å². The molecule has 0 aliphatic carbocycles. The Morgan fingerprint density at radius 3 is 2.51 bits per heavy atom. The first-order valence-corrected chi connectivity index (χ1v) is 11.9. The molecule has 0 unspecified atom stereocenters. The Bertz CT molecular complexity index is 1500. The zero-order chi connectivity index (χ0) is 25.8. The van der Waals surface area contributed by atoms with Gasteiger partial charge in [-0.15, -0.1) is 0 Å². The van der Waals surface area contributed by atoms with Crippen LogP contribution in [-0.2, 0) is 17.8 Å². The molecule has 1 N–H and O–H groups in total. The van der Waals surface area contributed by atoms with E-state index >= 15 is 0 Å². The van der Waals surface area contributed by atoms with Crippen molar-refractivity contribution < 1.29 is 14.5 Å². The zero-order valence-corrected chi connectivity index (χ0v) is 20.0. The molecular formula is C27H25N5O5. The highest BCUT2D eigenvalue weighted by atomic mass is 16.6. The molecular weight excluding hydrogens is 474 g/mol. The molecule has 0 radical (unpaired) electrons. The van der Waals surface area contributed by atoms with Crippen molar-refractivity contribution in [1.82, 2.24) is 14.9 Å². The van der Waals surface area contributed by atoms with E-state index in [-0.39, 0.29) is 29.9 Å². The smallest absolute Gasteiger partial charge is 0.293 e. The number of amides is 1. The lowest BCUT2D eigenvalue weighted by molar-refractivity contribution is -0.384. The van der Waals surface area contributed by atoms with E-state index in [1.54, 1.807) is 36.4 Å². The summed E-state index contributed by atoms with van der Waals surface area (Å²) in [6.45, 7) is 2.30. The molecule has 1 saturated heterocycles. The molecule has 5 rings (SSSR count). The molecule has 188 valence electrons. The number of hydrogen-bond donors (Lipinski definition) is 1. The highest BCUT2D eigenvalue weighted by molar-refractivity contribution is 5.95. The lowest BCUT2D eigenvalue weighted by Crippen LogP contribution is -2.36. The van der Waals surface area contributed by atoms with Crippen LogP contribution < -0.4 is 10.5 Å². The second-order valence-electron chi connectivity index (χ2n) is 8.74. The van der Waals surface area contributed by atoms with Crippen LogP contribution in [0.4, 0.5) is 11.4 Å². The monoisotopic (exact) mass is 499 g/mol. The summed E-state index contributed by atoms with van der Waals surface area (Å²) in [7, 11) is 0. The SMILES string of the molecule is O=C(c1ccc(N2CCOCC2)c([N+](=O)[O-])c1)N(Cc1ccccc1)Cc1nc2ccccc2c(=O)[nH]1. The van der Waals surface area contributed by atoms with Gasteiger partial charge in [0.1, 0.15) is 11.5 Å². The van der Waals surface area contributed by atoms with Crippen molar-refractivity contribution in [2.24, 2.45) is 0 Å². The van der Waals surface area contributed by atoms with Crippen molar-refractivity contribution >= 4 is 28.2 Å². The number of nitrogens with zero attached hydrogens (tertiary/aromatic N) is 4. The molecule has 10 heteroatoms. The van der Waals surface area contributed by atoms with E-state index in [1.807, 2.05) is 35.2 Å². The molecule has 0 bridgehead atoms. The van der Waals surface area contributed by atoms with E-state index in [9.17, 15) is 19.7 Å². The van der Waals surface area contributed by atoms with Crippen LogP contribution in [0.1, 0.15) is 21.7 Å². The van der Waals surface area contributed by atoms with Crippen LogP contribution >= 0.6 is 0 Å². The number of nitrogens with one attached hydrogen (secondary N) is 1. The topological polar surface area (TPSA) is 122 Å². The molecule has 1 amide bonds. The van der Waals surface area contributed by atoms with Gasteiger partial charge in [-0.05, 0) is 29.8 Å². The van der Waals surface area contributed by atoms with Gasteiger partial charge in [-0.25, -0.2) is 4.98 Å². The van der Waals surface area contributed by atoms with Gasteiger partial charge in [-0.1, -0.05) is 42.5 Å². The number of aromatic amines is 1. The highest BCUT2D eigenvalue weighted by Gasteiger charge is 2.26. The molecule has 4 aromatic rings. The predicted molar refractivity (Wildman–Crippen MR) is 139 cm³/mol. The van der Waals surface area contributed by atoms with Gasteiger partial charge in [0.25, 0.3) is 17.2 Å². The molecule has 1 aromatic heterocycles. The minimum atomic E-state index is -0.467. The van der Waals surface area contributed by atoms with Crippen LogP contribution in [0, 0.1) is 10.1 Å². The number of nitro benzene ring substituents is 1. The summed E-state index contributed by atoms with van der Waals surface area (Å²) in [5, 5.41) is 12.4. The molecule has 1 aliphatic rings. The lowest BCUT2D eigenvalue weighted by atomic mass is 10.1. The van der Waals surface area contributed by atoms with Gasteiger partial charge in [0, 0.05) is 31.3 Å². The van der Waals surface area contributed by atoms with Gasteiger partial charge in [0.15, 0.2) is 0 Å². The van der Waals surface area contributed by atoms with E-state index in [2.05, 4.69) is 9.97 Å². The van der Waals surface area contributed by atoms with Crippen LogP contribution in [0.25, 0.3) is 10.9 Å². The Morgan fingerprint density at radius 2 is 1.76 bits per heavy atom. The summed E-state index contributed by atoms with van der Waals surface area (Å²) in [5.74, 6) is -0.0799.